The quantitative estimate of drug-likeness (QED) is 0.873. The maximum atomic E-state index is 10.6. The van der Waals surface area contributed by atoms with Gasteiger partial charge in [-0.1, -0.05) is 23.7 Å². The molecule has 2 bridgehead atoms. The molecule has 2 heterocycles. The summed E-state index contributed by atoms with van der Waals surface area (Å²) in [6, 6.07) is 7.58. The van der Waals surface area contributed by atoms with E-state index in [2.05, 4.69) is 12.2 Å². The second-order valence-corrected chi connectivity index (χ2v) is 6.24. The molecule has 3 rings (SSSR count). The first-order valence-electron chi connectivity index (χ1n) is 6.26. The maximum absolute atomic E-state index is 10.6. The molecule has 2 nitrogen and oxygen atoms in total. The summed E-state index contributed by atoms with van der Waals surface area (Å²) in [5.41, 5.74) is 1.04. The second kappa shape index (κ2) is 4.68. The molecular weight excluding hydrogens is 269 g/mol. The lowest BCUT2D eigenvalue weighted by Crippen LogP contribution is -2.45. The van der Waals surface area contributed by atoms with E-state index < -0.39 is 6.10 Å². The Morgan fingerprint density at radius 1 is 1.28 bits per heavy atom. The fourth-order valence-electron chi connectivity index (χ4n) is 3.44. The molecule has 4 heteroatoms. The average molecular weight is 288 g/mol. The van der Waals surface area contributed by atoms with Gasteiger partial charge < -0.3 is 10.4 Å². The number of hydrogen-bond acceptors (Lipinski definition) is 2. The fraction of sp³-hybridized carbons (Fsp3) is 0.571. The van der Waals surface area contributed by atoms with Gasteiger partial charge in [-0.25, -0.2) is 0 Å². The van der Waals surface area contributed by atoms with E-state index in [1.807, 2.05) is 24.3 Å². The van der Waals surface area contributed by atoms with Crippen LogP contribution in [0.1, 0.15) is 44.3 Å². The molecule has 0 unspecified atom stereocenters. The van der Waals surface area contributed by atoms with Crippen molar-refractivity contribution in [1.82, 2.24) is 5.32 Å². The summed E-state index contributed by atoms with van der Waals surface area (Å²) >= 11 is 5.99. The zero-order chi connectivity index (χ0) is 12.1. The largest absolute Gasteiger partial charge is 0.386 e. The normalized spacial score (nSPS) is 35.3. The predicted octanol–water partition coefficient (Wildman–Crippen LogP) is 3.47. The second-order valence-electron chi connectivity index (χ2n) is 5.80. The van der Waals surface area contributed by atoms with Gasteiger partial charge in [-0.15, -0.1) is 12.4 Å². The fourth-order valence-corrected chi connectivity index (χ4v) is 3.64. The molecule has 0 saturated carbocycles. The van der Waals surface area contributed by atoms with Gasteiger partial charge in [0.25, 0.3) is 0 Å². The summed E-state index contributed by atoms with van der Waals surface area (Å²) in [5, 5.41) is 14.9. The number of hydrogen-bond donors (Lipinski definition) is 2. The van der Waals surface area contributed by atoms with E-state index in [0.717, 1.165) is 31.2 Å². The van der Waals surface area contributed by atoms with E-state index >= 15 is 0 Å². The molecule has 1 aromatic rings. The third kappa shape index (κ3) is 2.16. The molecule has 2 aliphatic heterocycles. The Morgan fingerprint density at radius 2 is 1.94 bits per heavy atom. The monoisotopic (exact) mass is 287 g/mol. The smallest absolute Gasteiger partial charge is 0.0972 e. The molecule has 0 radical (unpaired) electrons. The third-order valence-corrected chi connectivity index (χ3v) is 4.72. The van der Waals surface area contributed by atoms with Crippen molar-refractivity contribution < 1.29 is 5.11 Å². The van der Waals surface area contributed by atoms with Crippen molar-refractivity contribution in [3.63, 3.8) is 0 Å². The van der Waals surface area contributed by atoms with Gasteiger partial charge in [0.05, 0.1) is 6.10 Å². The standard InChI is InChI=1S/C14H18ClNO.ClH/c1-13-5-7-14(16-13,8-6-13)12(17)10-3-2-4-11(15)9-10;/h2-4,9,12,16-17H,5-8H2,1H3;1H/t12-,13?,14?;/m0./s1. The zero-order valence-corrected chi connectivity index (χ0v) is 12.0. The van der Waals surface area contributed by atoms with E-state index in [4.69, 9.17) is 11.6 Å². The lowest BCUT2D eigenvalue weighted by Gasteiger charge is -2.32. The van der Waals surface area contributed by atoms with Crippen LogP contribution in [0.15, 0.2) is 24.3 Å². The highest BCUT2D eigenvalue weighted by atomic mass is 35.5. The van der Waals surface area contributed by atoms with Crippen LogP contribution in [0.3, 0.4) is 0 Å². The first kappa shape index (κ1) is 14.1. The maximum Gasteiger partial charge on any atom is 0.0972 e. The van der Waals surface area contributed by atoms with Crippen LogP contribution < -0.4 is 5.32 Å². The van der Waals surface area contributed by atoms with E-state index in [-0.39, 0.29) is 23.5 Å². The van der Waals surface area contributed by atoms with Gasteiger partial charge in [-0.05, 0) is 50.3 Å². The lowest BCUT2D eigenvalue weighted by molar-refractivity contribution is 0.0738. The van der Waals surface area contributed by atoms with E-state index in [0.29, 0.717) is 5.02 Å². The van der Waals surface area contributed by atoms with E-state index in [1.165, 1.54) is 0 Å². The van der Waals surface area contributed by atoms with Gasteiger partial charge in [0.15, 0.2) is 0 Å². The Morgan fingerprint density at radius 3 is 2.44 bits per heavy atom. The SMILES string of the molecule is CC12CCC([C@@H](O)c3cccc(Cl)c3)(CC1)N2.Cl. The highest BCUT2D eigenvalue weighted by molar-refractivity contribution is 6.30. The number of fused-ring (bicyclic) bond motifs is 2. The van der Waals surface area contributed by atoms with E-state index in [9.17, 15) is 5.11 Å². The molecule has 18 heavy (non-hydrogen) atoms. The summed E-state index contributed by atoms with van der Waals surface area (Å²) in [4.78, 5) is 0. The number of benzene rings is 1. The van der Waals surface area contributed by atoms with E-state index in [1.54, 1.807) is 0 Å². The Kier molecular flexibility index (Phi) is 3.67. The molecule has 100 valence electrons. The molecule has 2 aliphatic rings. The first-order chi connectivity index (χ1) is 8.03. The van der Waals surface area contributed by atoms with Gasteiger partial charge in [-0.2, -0.15) is 0 Å². The van der Waals surface area contributed by atoms with Gasteiger partial charge in [0, 0.05) is 16.1 Å². The summed E-state index contributed by atoms with van der Waals surface area (Å²) in [5.74, 6) is 0. The number of rotatable bonds is 2. The molecule has 2 N–H and O–H groups in total. The van der Waals surface area contributed by atoms with Crippen molar-refractivity contribution in [2.75, 3.05) is 0 Å². The Bertz CT molecular complexity index is 441. The van der Waals surface area contributed by atoms with Crippen LogP contribution in [0, 0.1) is 0 Å². The average Bonchev–Trinajstić information content (AvgIpc) is 2.83. The van der Waals surface area contributed by atoms with Crippen LogP contribution in [0.4, 0.5) is 0 Å². The molecular formula is C14H19Cl2NO. The topological polar surface area (TPSA) is 32.3 Å². The van der Waals surface area contributed by atoms with Crippen molar-refractivity contribution in [1.29, 1.82) is 0 Å². The van der Waals surface area contributed by atoms with Gasteiger partial charge in [0.1, 0.15) is 0 Å². The van der Waals surface area contributed by atoms with Crippen LogP contribution in [0.25, 0.3) is 0 Å². The molecule has 0 aromatic heterocycles. The first-order valence-corrected chi connectivity index (χ1v) is 6.64. The molecule has 0 spiro atoms. The van der Waals surface area contributed by atoms with Crippen molar-refractivity contribution in [3.8, 4) is 0 Å². The predicted molar refractivity (Wildman–Crippen MR) is 76.4 cm³/mol. The summed E-state index contributed by atoms with van der Waals surface area (Å²) in [6.07, 6.45) is 3.97. The molecule has 0 aliphatic carbocycles. The molecule has 0 amide bonds. The molecule has 2 saturated heterocycles. The highest BCUT2D eigenvalue weighted by Gasteiger charge is 2.54. The Balaban J connectivity index is 0.00000120. The molecule has 2 fully saturated rings. The van der Waals surface area contributed by atoms with Crippen molar-refractivity contribution in [3.05, 3.63) is 34.9 Å². The Labute approximate surface area is 119 Å². The lowest BCUT2D eigenvalue weighted by atomic mass is 9.78. The number of nitrogens with one attached hydrogen (secondary N) is 1. The summed E-state index contributed by atoms with van der Waals surface area (Å²) < 4.78 is 0. The molecule has 1 aromatic carbocycles. The highest BCUT2D eigenvalue weighted by Crippen LogP contribution is 2.50. The van der Waals surface area contributed by atoms with Crippen molar-refractivity contribution in [2.24, 2.45) is 0 Å². The van der Waals surface area contributed by atoms with Gasteiger partial charge >= 0.3 is 0 Å². The van der Waals surface area contributed by atoms with Crippen LogP contribution in [-0.2, 0) is 0 Å². The van der Waals surface area contributed by atoms with Gasteiger partial charge in [0.2, 0.25) is 0 Å². The minimum Gasteiger partial charge on any atom is -0.386 e. The zero-order valence-electron chi connectivity index (χ0n) is 10.4. The van der Waals surface area contributed by atoms with Crippen LogP contribution in [0.2, 0.25) is 5.02 Å². The summed E-state index contributed by atoms with van der Waals surface area (Å²) in [7, 11) is 0. The van der Waals surface area contributed by atoms with Crippen LogP contribution in [0.5, 0.6) is 0 Å². The van der Waals surface area contributed by atoms with Crippen LogP contribution in [-0.4, -0.2) is 16.2 Å². The summed E-state index contributed by atoms with van der Waals surface area (Å²) in [6.45, 7) is 2.26. The minimum atomic E-state index is -0.453. The third-order valence-electron chi connectivity index (χ3n) is 4.48. The van der Waals surface area contributed by atoms with Crippen molar-refractivity contribution >= 4 is 24.0 Å². The number of aliphatic hydroxyl groups excluding tert-OH is 1. The van der Waals surface area contributed by atoms with Crippen LogP contribution >= 0.6 is 24.0 Å². The number of aliphatic hydroxyl groups is 1. The Hall–Kier alpha value is -0.280. The molecule has 1 atom stereocenters. The number of halogens is 2. The van der Waals surface area contributed by atoms with Crippen molar-refractivity contribution in [2.45, 2.75) is 49.8 Å². The minimum absolute atomic E-state index is 0. The van der Waals surface area contributed by atoms with Gasteiger partial charge in [-0.3, -0.25) is 0 Å².